The highest BCUT2D eigenvalue weighted by Gasteiger charge is 2.23. The van der Waals surface area contributed by atoms with Crippen molar-refractivity contribution in [2.45, 2.75) is 11.3 Å². The van der Waals surface area contributed by atoms with Gasteiger partial charge in [0.1, 0.15) is 5.75 Å². The summed E-state index contributed by atoms with van der Waals surface area (Å²) in [6, 6.07) is 17.9. The Labute approximate surface area is 222 Å². The molecule has 3 rings (SSSR count). The summed E-state index contributed by atoms with van der Waals surface area (Å²) in [6.45, 7) is -0.0942. The standard InChI is InChI=1S/C27H31N3O7S/c1-30(38(33,34)21-12-10-20(35-2)11-13-21)18-26(31)29-23-8-6-5-7-22(23)27(32)28-16-15-19-9-14-24(36-3)25(17-19)37-4/h5-14,17H,15-16,18H2,1-4H3,(H,28,32)(H,29,31). The number of para-hydroxylation sites is 1. The monoisotopic (exact) mass is 541 g/mol. The number of likely N-dealkylation sites (N-methyl/N-ethyl adjacent to an activating group) is 1. The Balaban J connectivity index is 1.61. The zero-order valence-corrected chi connectivity index (χ0v) is 22.5. The molecule has 0 fully saturated rings. The number of anilines is 1. The predicted molar refractivity (Wildman–Crippen MR) is 143 cm³/mol. The molecule has 0 unspecified atom stereocenters. The lowest BCUT2D eigenvalue weighted by molar-refractivity contribution is -0.116. The summed E-state index contributed by atoms with van der Waals surface area (Å²) in [7, 11) is 2.01. The molecule has 0 aliphatic rings. The van der Waals surface area contributed by atoms with Crippen LogP contribution < -0.4 is 24.8 Å². The summed E-state index contributed by atoms with van der Waals surface area (Å²) in [6.07, 6.45) is 0.550. The Kier molecular flexibility index (Phi) is 9.69. The summed E-state index contributed by atoms with van der Waals surface area (Å²) < 4.78 is 42.2. The Bertz CT molecular complexity index is 1380. The van der Waals surface area contributed by atoms with E-state index in [0.717, 1.165) is 9.87 Å². The summed E-state index contributed by atoms with van der Waals surface area (Å²) in [5, 5.41) is 5.49. The third-order valence-corrected chi connectivity index (χ3v) is 7.54. The van der Waals surface area contributed by atoms with Crippen molar-refractivity contribution in [1.29, 1.82) is 0 Å². The van der Waals surface area contributed by atoms with Crippen LogP contribution in [-0.2, 0) is 21.2 Å². The Hall–Kier alpha value is -4.09. The maximum Gasteiger partial charge on any atom is 0.253 e. The van der Waals surface area contributed by atoms with Gasteiger partial charge in [0, 0.05) is 13.6 Å². The molecule has 0 atom stereocenters. The van der Waals surface area contributed by atoms with Crippen molar-refractivity contribution in [3.63, 3.8) is 0 Å². The van der Waals surface area contributed by atoms with E-state index in [1.54, 1.807) is 44.6 Å². The van der Waals surface area contributed by atoms with Gasteiger partial charge in [-0.3, -0.25) is 9.59 Å². The number of nitrogens with one attached hydrogen (secondary N) is 2. The third-order valence-electron chi connectivity index (χ3n) is 5.73. The summed E-state index contributed by atoms with van der Waals surface area (Å²) in [5.41, 5.74) is 1.48. The molecule has 3 aromatic carbocycles. The lowest BCUT2D eigenvalue weighted by Crippen LogP contribution is -2.35. The molecule has 0 aliphatic carbocycles. The highest BCUT2D eigenvalue weighted by atomic mass is 32.2. The Morgan fingerprint density at radius 1 is 0.868 bits per heavy atom. The van der Waals surface area contributed by atoms with E-state index in [2.05, 4.69) is 10.6 Å². The molecule has 0 radical (unpaired) electrons. The molecule has 0 aromatic heterocycles. The molecule has 0 bridgehead atoms. The maximum atomic E-state index is 12.9. The van der Waals surface area contributed by atoms with Crippen LogP contribution in [-0.4, -0.2) is 66.0 Å². The first-order chi connectivity index (χ1) is 18.2. The minimum Gasteiger partial charge on any atom is -0.497 e. The minimum absolute atomic E-state index is 0.0304. The van der Waals surface area contributed by atoms with E-state index in [4.69, 9.17) is 14.2 Å². The molecule has 2 amide bonds. The molecule has 2 N–H and O–H groups in total. The van der Waals surface area contributed by atoms with E-state index in [-0.39, 0.29) is 22.1 Å². The predicted octanol–water partition coefficient (Wildman–Crippen LogP) is 2.94. The average Bonchev–Trinajstić information content (AvgIpc) is 2.93. The lowest BCUT2D eigenvalue weighted by atomic mass is 10.1. The molecular weight excluding hydrogens is 510 g/mol. The SMILES string of the molecule is COc1ccc(S(=O)(=O)N(C)CC(=O)Nc2ccccc2C(=O)NCCc2ccc(OC)c(OC)c2)cc1. The molecule has 3 aromatic rings. The molecule has 0 aliphatic heterocycles. The molecule has 0 spiro atoms. The van der Waals surface area contributed by atoms with Crippen LogP contribution in [0.15, 0.2) is 71.6 Å². The molecule has 0 saturated heterocycles. The van der Waals surface area contributed by atoms with E-state index >= 15 is 0 Å². The van der Waals surface area contributed by atoms with Crippen LogP contribution in [0.1, 0.15) is 15.9 Å². The van der Waals surface area contributed by atoms with Crippen molar-refractivity contribution in [3.8, 4) is 17.2 Å². The van der Waals surface area contributed by atoms with Crippen LogP contribution in [0.2, 0.25) is 0 Å². The highest BCUT2D eigenvalue weighted by molar-refractivity contribution is 7.89. The fourth-order valence-corrected chi connectivity index (χ4v) is 4.77. The number of nitrogens with zero attached hydrogens (tertiary/aromatic N) is 1. The number of ether oxygens (including phenoxy) is 3. The number of amides is 2. The van der Waals surface area contributed by atoms with Gasteiger partial charge in [-0.1, -0.05) is 18.2 Å². The average molecular weight is 542 g/mol. The zero-order valence-electron chi connectivity index (χ0n) is 21.7. The normalized spacial score (nSPS) is 11.1. The number of carbonyl (C=O) groups is 2. The van der Waals surface area contributed by atoms with Crippen molar-refractivity contribution in [2.24, 2.45) is 0 Å². The molecule has 0 heterocycles. The van der Waals surface area contributed by atoms with Crippen LogP contribution in [0.3, 0.4) is 0 Å². The Morgan fingerprint density at radius 3 is 2.21 bits per heavy atom. The van der Waals surface area contributed by atoms with Gasteiger partial charge in [-0.2, -0.15) is 4.31 Å². The van der Waals surface area contributed by atoms with Crippen LogP contribution >= 0.6 is 0 Å². The van der Waals surface area contributed by atoms with Gasteiger partial charge in [-0.25, -0.2) is 8.42 Å². The largest absolute Gasteiger partial charge is 0.497 e. The van der Waals surface area contributed by atoms with E-state index in [9.17, 15) is 18.0 Å². The van der Waals surface area contributed by atoms with Gasteiger partial charge < -0.3 is 24.8 Å². The van der Waals surface area contributed by atoms with Gasteiger partial charge in [0.25, 0.3) is 5.91 Å². The van der Waals surface area contributed by atoms with Crippen LogP contribution in [0, 0.1) is 0 Å². The number of methoxy groups -OCH3 is 3. The number of benzene rings is 3. The molecule has 202 valence electrons. The zero-order chi connectivity index (χ0) is 27.7. The first-order valence-electron chi connectivity index (χ1n) is 11.7. The minimum atomic E-state index is -3.90. The van der Waals surface area contributed by atoms with Gasteiger partial charge >= 0.3 is 0 Å². The number of sulfonamides is 1. The third kappa shape index (κ3) is 7.02. The fraction of sp³-hybridized carbons (Fsp3) is 0.259. The van der Waals surface area contributed by atoms with Crippen LogP contribution in [0.4, 0.5) is 5.69 Å². The lowest BCUT2D eigenvalue weighted by Gasteiger charge is -2.18. The van der Waals surface area contributed by atoms with Gasteiger partial charge in [0.2, 0.25) is 15.9 Å². The maximum absolute atomic E-state index is 12.9. The van der Waals surface area contributed by atoms with Crippen LogP contribution in [0.25, 0.3) is 0 Å². The van der Waals surface area contributed by atoms with E-state index in [1.807, 2.05) is 12.1 Å². The number of hydrogen-bond donors (Lipinski definition) is 2. The van der Waals surface area contributed by atoms with Gasteiger partial charge in [0.15, 0.2) is 11.5 Å². The molecule has 38 heavy (non-hydrogen) atoms. The summed E-state index contributed by atoms with van der Waals surface area (Å²) >= 11 is 0. The highest BCUT2D eigenvalue weighted by Crippen LogP contribution is 2.27. The fourth-order valence-electron chi connectivity index (χ4n) is 3.65. The Morgan fingerprint density at radius 2 is 1.55 bits per heavy atom. The number of carbonyl (C=O) groups excluding carboxylic acids is 2. The smallest absolute Gasteiger partial charge is 0.253 e. The van der Waals surface area contributed by atoms with Crippen LogP contribution in [0.5, 0.6) is 17.2 Å². The number of hydrogen-bond acceptors (Lipinski definition) is 7. The first kappa shape index (κ1) is 28.5. The molecular formula is C27H31N3O7S. The van der Waals surface area contributed by atoms with Gasteiger partial charge in [-0.05, 0) is 60.5 Å². The topological polar surface area (TPSA) is 123 Å². The molecule has 11 heteroatoms. The second-order valence-corrected chi connectivity index (χ2v) is 10.3. The van der Waals surface area contributed by atoms with Gasteiger partial charge in [-0.15, -0.1) is 0 Å². The van der Waals surface area contributed by atoms with E-state index in [1.165, 1.54) is 38.4 Å². The van der Waals surface area contributed by atoms with E-state index < -0.39 is 22.5 Å². The van der Waals surface area contributed by atoms with Crippen molar-refractivity contribution in [3.05, 3.63) is 77.9 Å². The second-order valence-electron chi connectivity index (χ2n) is 8.23. The van der Waals surface area contributed by atoms with Crippen molar-refractivity contribution >= 4 is 27.5 Å². The van der Waals surface area contributed by atoms with Crippen molar-refractivity contribution in [2.75, 3.05) is 46.8 Å². The molecule has 0 saturated carbocycles. The van der Waals surface area contributed by atoms with Crippen molar-refractivity contribution in [1.82, 2.24) is 9.62 Å². The summed E-state index contributed by atoms with van der Waals surface area (Å²) in [4.78, 5) is 25.6. The summed E-state index contributed by atoms with van der Waals surface area (Å²) in [5.74, 6) is 0.773. The van der Waals surface area contributed by atoms with E-state index in [0.29, 0.717) is 30.2 Å². The van der Waals surface area contributed by atoms with Gasteiger partial charge in [0.05, 0.1) is 44.0 Å². The van der Waals surface area contributed by atoms with Crippen molar-refractivity contribution < 1.29 is 32.2 Å². The second kappa shape index (κ2) is 12.9. The number of rotatable bonds is 12. The quantitative estimate of drug-likeness (QED) is 0.361. The molecule has 10 nitrogen and oxygen atoms in total. The first-order valence-corrected chi connectivity index (χ1v) is 13.1.